The number of nitrogens with one attached hydrogen (secondary N) is 1. The number of rotatable bonds is 3. The van der Waals surface area contributed by atoms with Gasteiger partial charge in [0.25, 0.3) is 5.91 Å². The number of fused-ring (bicyclic) bond motifs is 1. The number of ether oxygens (including phenoxy) is 1. The molecule has 0 saturated carbocycles. The Morgan fingerprint density at radius 3 is 2.74 bits per heavy atom. The number of aryl methyl sites for hydroxylation is 1. The Balaban J connectivity index is 1.38. The number of halogens is 2. The molecule has 4 nitrogen and oxygen atoms in total. The van der Waals surface area contributed by atoms with Gasteiger partial charge in [-0.05, 0) is 48.7 Å². The van der Waals surface area contributed by atoms with E-state index in [1.165, 1.54) is 6.07 Å². The van der Waals surface area contributed by atoms with Gasteiger partial charge in [0.2, 0.25) is 0 Å². The quantitative estimate of drug-likeness (QED) is 0.871. The van der Waals surface area contributed by atoms with Crippen LogP contribution in [0.2, 0.25) is 5.02 Å². The lowest BCUT2D eigenvalue weighted by atomic mass is 10.1. The van der Waals surface area contributed by atoms with Crippen molar-refractivity contribution in [1.29, 1.82) is 0 Å². The van der Waals surface area contributed by atoms with Gasteiger partial charge in [-0.3, -0.25) is 9.69 Å². The van der Waals surface area contributed by atoms with Crippen LogP contribution >= 0.6 is 11.6 Å². The molecule has 2 aromatic carbocycles. The zero-order valence-corrected chi connectivity index (χ0v) is 15.9. The molecule has 0 unspecified atom stereocenters. The molecule has 0 bridgehead atoms. The van der Waals surface area contributed by atoms with Gasteiger partial charge < -0.3 is 10.1 Å². The van der Waals surface area contributed by atoms with Crippen molar-refractivity contribution in [3.63, 3.8) is 0 Å². The Kier molecular flexibility index (Phi) is 5.17. The van der Waals surface area contributed by atoms with Crippen LogP contribution in [-0.4, -0.2) is 42.6 Å². The highest BCUT2D eigenvalue weighted by molar-refractivity contribution is 6.30. The fraction of sp³-hybridized carbons (Fsp3) is 0.381. The molecular weight excluding hydrogens is 367 g/mol. The van der Waals surface area contributed by atoms with Crippen LogP contribution in [0.5, 0.6) is 0 Å². The van der Waals surface area contributed by atoms with Gasteiger partial charge in [0, 0.05) is 30.2 Å². The zero-order chi connectivity index (χ0) is 19.0. The third-order valence-electron chi connectivity index (χ3n) is 5.36. The summed E-state index contributed by atoms with van der Waals surface area (Å²) in [4.78, 5) is 14.8. The molecule has 0 radical (unpaired) electrons. The van der Waals surface area contributed by atoms with E-state index < -0.39 is 5.82 Å². The van der Waals surface area contributed by atoms with Gasteiger partial charge in [0.15, 0.2) is 0 Å². The smallest absolute Gasteiger partial charge is 0.254 e. The van der Waals surface area contributed by atoms with Crippen LogP contribution in [0.15, 0.2) is 42.5 Å². The van der Waals surface area contributed by atoms with Crippen molar-refractivity contribution in [2.24, 2.45) is 0 Å². The van der Waals surface area contributed by atoms with E-state index in [9.17, 15) is 9.18 Å². The molecule has 27 heavy (non-hydrogen) atoms. The first-order chi connectivity index (χ1) is 13.0. The van der Waals surface area contributed by atoms with Crippen molar-refractivity contribution >= 4 is 17.5 Å². The predicted molar refractivity (Wildman–Crippen MR) is 103 cm³/mol. The monoisotopic (exact) mass is 388 g/mol. The summed E-state index contributed by atoms with van der Waals surface area (Å²) in [5, 5.41) is 3.69. The van der Waals surface area contributed by atoms with Crippen molar-refractivity contribution in [3.05, 3.63) is 70.0 Å². The maximum absolute atomic E-state index is 14.0. The molecule has 2 aliphatic heterocycles. The molecule has 4 rings (SSSR count). The summed E-state index contributed by atoms with van der Waals surface area (Å²) in [5.41, 5.74) is 2.00. The maximum Gasteiger partial charge on any atom is 0.254 e. The second-order valence-electron chi connectivity index (χ2n) is 7.37. The molecule has 3 atom stereocenters. The Labute approximate surface area is 163 Å². The first-order valence-corrected chi connectivity index (χ1v) is 9.55. The lowest BCUT2D eigenvalue weighted by Crippen LogP contribution is -2.43. The van der Waals surface area contributed by atoms with E-state index in [0.29, 0.717) is 11.6 Å². The van der Waals surface area contributed by atoms with Crippen LogP contribution in [-0.2, 0) is 4.74 Å². The van der Waals surface area contributed by atoms with Gasteiger partial charge in [-0.15, -0.1) is 0 Å². The molecule has 2 fully saturated rings. The summed E-state index contributed by atoms with van der Waals surface area (Å²) in [6, 6.07) is 12.7. The number of carbonyl (C=O) groups is 1. The molecule has 2 saturated heterocycles. The molecule has 2 heterocycles. The van der Waals surface area contributed by atoms with Crippen LogP contribution in [0.3, 0.4) is 0 Å². The molecule has 2 aliphatic rings. The highest BCUT2D eigenvalue weighted by Crippen LogP contribution is 2.31. The first kappa shape index (κ1) is 18.4. The third-order valence-corrected chi connectivity index (χ3v) is 5.62. The standard InChI is InChI=1S/C21H22ClFN2O2/c1-13-2-7-18(19(23)8-13)21(26)24-16-9-17-12-27-20(11-25(17)10-16)14-3-5-15(22)6-4-14/h2-8,16-17,20H,9-12H2,1H3,(H,24,26)/t16-,17+,20-/m1/s1. The van der Waals surface area contributed by atoms with Gasteiger partial charge in [-0.1, -0.05) is 29.8 Å². The fourth-order valence-corrected chi connectivity index (χ4v) is 4.05. The Bertz CT molecular complexity index is 843. The van der Waals surface area contributed by atoms with E-state index in [1.54, 1.807) is 19.1 Å². The minimum Gasteiger partial charge on any atom is -0.371 e. The Morgan fingerprint density at radius 2 is 2.00 bits per heavy atom. The van der Waals surface area contributed by atoms with Crippen molar-refractivity contribution < 1.29 is 13.9 Å². The van der Waals surface area contributed by atoms with Crippen molar-refractivity contribution in [2.45, 2.75) is 31.5 Å². The maximum atomic E-state index is 14.0. The summed E-state index contributed by atoms with van der Waals surface area (Å²) in [5.74, 6) is -0.832. The topological polar surface area (TPSA) is 41.6 Å². The molecule has 142 valence electrons. The van der Waals surface area contributed by atoms with Crippen LogP contribution in [0, 0.1) is 12.7 Å². The summed E-state index contributed by atoms with van der Waals surface area (Å²) >= 11 is 5.96. The van der Waals surface area contributed by atoms with E-state index in [-0.39, 0.29) is 29.7 Å². The number of morpholine rings is 1. The normalized spacial score (nSPS) is 25.2. The van der Waals surface area contributed by atoms with Gasteiger partial charge >= 0.3 is 0 Å². The molecule has 1 amide bonds. The number of carbonyl (C=O) groups excluding carboxylic acids is 1. The van der Waals surface area contributed by atoms with E-state index in [2.05, 4.69) is 10.2 Å². The Morgan fingerprint density at radius 1 is 1.22 bits per heavy atom. The minimum atomic E-state index is -0.477. The largest absolute Gasteiger partial charge is 0.371 e. The molecular formula is C21H22ClFN2O2. The van der Waals surface area contributed by atoms with Crippen LogP contribution in [0.4, 0.5) is 4.39 Å². The number of hydrogen-bond donors (Lipinski definition) is 1. The summed E-state index contributed by atoms with van der Waals surface area (Å²) < 4.78 is 20.1. The van der Waals surface area contributed by atoms with Crippen molar-refractivity contribution in [3.8, 4) is 0 Å². The van der Waals surface area contributed by atoms with Gasteiger partial charge in [0.1, 0.15) is 5.82 Å². The van der Waals surface area contributed by atoms with E-state index in [4.69, 9.17) is 16.3 Å². The third kappa shape index (κ3) is 4.00. The fourth-order valence-electron chi connectivity index (χ4n) is 3.93. The highest BCUT2D eigenvalue weighted by atomic mass is 35.5. The summed E-state index contributed by atoms with van der Waals surface area (Å²) in [6.07, 6.45) is 0.814. The molecule has 2 aromatic rings. The first-order valence-electron chi connectivity index (χ1n) is 9.18. The number of amides is 1. The average molecular weight is 389 g/mol. The van der Waals surface area contributed by atoms with Crippen molar-refractivity contribution in [2.75, 3.05) is 19.7 Å². The molecule has 0 aromatic heterocycles. The van der Waals surface area contributed by atoms with Crippen molar-refractivity contribution in [1.82, 2.24) is 10.2 Å². The van der Waals surface area contributed by atoms with Crippen LogP contribution < -0.4 is 5.32 Å². The Hall–Kier alpha value is -1.95. The zero-order valence-electron chi connectivity index (χ0n) is 15.1. The second kappa shape index (κ2) is 7.58. The lowest BCUT2D eigenvalue weighted by Gasteiger charge is -2.35. The van der Waals surface area contributed by atoms with E-state index >= 15 is 0 Å². The second-order valence-corrected chi connectivity index (χ2v) is 7.81. The van der Waals surface area contributed by atoms with E-state index in [0.717, 1.165) is 30.6 Å². The lowest BCUT2D eigenvalue weighted by molar-refractivity contribution is -0.0502. The van der Waals surface area contributed by atoms with Gasteiger partial charge in [0.05, 0.1) is 18.3 Å². The average Bonchev–Trinajstić information content (AvgIpc) is 3.03. The van der Waals surface area contributed by atoms with Gasteiger partial charge in [-0.2, -0.15) is 0 Å². The highest BCUT2D eigenvalue weighted by Gasteiger charge is 2.38. The SMILES string of the molecule is Cc1ccc(C(=O)N[C@@H]2C[C@H]3CO[C@@H](c4ccc(Cl)cc4)CN3C2)c(F)c1. The van der Waals surface area contributed by atoms with Crippen LogP contribution in [0.1, 0.15) is 34.0 Å². The number of hydrogen-bond acceptors (Lipinski definition) is 3. The number of benzene rings is 2. The molecule has 1 N–H and O–H groups in total. The number of nitrogens with zero attached hydrogens (tertiary/aromatic N) is 1. The van der Waals surface area contributed by atoms with Crippen LogP contribution in [0.25, 0.3) is 0 Å². The summed E-state index contributed by atoms with van der Waals surface area (Å²) in [7, 11) is 0. The minimum absolute atomic E-state index is 0.00233. The summed E-state index contributed by atoms with van der Waals surface area (Å²) in [6.45, 7) is 3.95. The molecule has 0 spiro atoms. The molecule has 0 aliphatic carbocycles. The van der Waals surface area contributed by atoms with Gasteiger partial charge in [-0.25, -0.2) is 4.39 Å². The van der Waals surface area contributed by atoms with E-state index in [1.807, 2.05) is 24.3 Å². The predicted octanol–water partition coefficient (Wildman–Crippen LogP) is 3.73. The molecule has 6 heteroatoms.